The molecule has 0 amide bonds. The summed E-state index contributed by atoms with van der Waals surface area (Å²) in [4.78, 5) is 7.83. The van der Waals surface area contributed by atoms with Crippen molar-refractivity contribution >= 4 is 23.1 Å². The Balaban J connectivity index is 1.83. The molecule has 0 atom stereocenters. The van der Waals surface area contributed by atoms with Crippen LogP contribution in [0.25, 0.3) is 0 Å². The minimum absolute atomic E-state index is 0.0265. The first-order chi connectivity index (χ1) is 14.4. The quantitative estimate of drug-likeness (QED) is 0.483. The molecule has 0 aliphatic carbocycles. The molecule has 0 saturated carbocycles. The molecule has 2 aromatic carbocycles. The number of hydrogen-bond donors (Lipinski definition) is 2. The fraction of sp³-hybridized carbons (Fsp3) is 0.238. The normalized spacial score (nSPS) is 11.1. The van der Waals surface area contributed by atoms with Gasteiger partial charge in [-0.3, -0.25) is 0 Å². The van der Waals surface area contributed by atoms with E-state index in [1.165, 1.54) is 0 Å². The van der Waals surface area contributed by atoms with Crippen LogP contribution in [0.4, 0.5) is 36.3 Å². The van der Waals surface area contributed by atoms with Gasteiger partial charge in [-0.15, -0.1) is 0 Å². The van der Waals surface area contributed by atoms with Crippen molar-refractivity contribution in [3.05, 3.63) is 60.3 Å². The summed E-state index contributed by atoms with van der Waals surface area (Å²) in [6.45, 7) is 2.55. The van der Waals surface area contributed by atoms with Crippen molar-refractivity contribution in [2.45, 2.75) is 19.5 Å². The van der Waals surface area contributed by atoms with E-state index >= 15 is 0 Å². The number of ether oxygens (including phenoxy) is 2. The van der Waals surface area contributed by atoms with Gasteiger partial charge in [-0.25, -0.2) is 4.98 Å². The number of benzene rings is 2. The molecule has 0 saturated heterocycles. The number of anilines is 4. The largest absolute Gasteiger partial charge is 0.497 e. The lowest BCUT2D eigenvalue weighted by molar-refractivity contribution is -0.137. The Bertz CT molecular complexity index is 961. The predicted molar refractivity (Wildman–Crippen MR) is 109 cm³/mol. The van der Waals surface area contributed by atoms with Gasteiger partial charge < -0.3 is 20.1 Å². The summed E-state index contributed by atoms with van der Waals surface area (Å²) in [5.74, 6) is 0.972. The molecule has 0 bridgehead atoms. The third-order valence-corrected chi connectivity index (χ3v) is 4.03. The van der Waals surface area contributed by atoms with E-state index in [9.17, 15) is 13.2 Å². The van der Waals surface area contributed by atoms with E-state index in [2.05, 4.69) is 20.6 Å². The lowest BCUT2D eigenvalue weighted by Gasteiger charge is -2.15. The van der Waals surface area contributed by atoms with Crippen LogP contribution in [-0.2, 0) is 6.18 Å². The third kappa shape index (κ3) is 5.53. The van der Waals surface area contributed by atoms with Crippen molar-refractivity contribution in [2.24, 2.45) is 0 Å². The molecule has 0 radical (unpaired) electrons. The number of nitrogens with zero attached hydrogens (tertiary/aromatic N) is 2. The molecule has 0 fully saturated rings. The molecule has 0 aliphatic rings. The van der Waals surface area contributed by atoms with Crippen LogP contribution in [0.15, 0.2) is 54.7 Å². The summed E-state index contributed by atoms with van der Waals surface area (Å²) in [6.07, 6.45) is -3.00. The van der Waals surface area contributed by atoms with Gasteiger partial charge in [0.1, 0.15) is 22.9 Å². The number of hydrogen-bond acceptors (Lipinski definition) is 6. The van der Waals surface area contributed by atoms with Gasteiger partial charge in [0.2, 0.25) is 5.95 Å². The van der Waals surface area contributed by atoms with Gasteiger partial charge in [-0.1, -0.05) is 6.92 Å². The lowest BCUT2D eigenvalue weighted by atomic mass is 10.2. The number of methoxy groups -OCH3 is 1. The van der Waals surface area contributed by atoms with Crippen molar-refractivity contribution in [1.29, 1.82) is 0 Å². The molecule has 158 valence electrons. The van der Waals surface area contributed by atoms with Crippen LogP contribution in [0.1, 0.15) is 18.9 Å². The Hall–Kier alpha value is -3.49. The molecule has 1 aromatic heterocycles. The van der Waals surface area contributed by atoms with Crippen LogP contribution in [0.3, 0.4) is 0 Å². The summed E-state index contributed by atoms with van der Waals surface area (Å²) < 4.78 is 50.8. The highest BCUT2D eigenvalue weighted by Gasteiger charge is 2.35. The summed E-state index contributed by atoms with van der Waals surface area (Å²) in [7, 11) is 1.54. The molecule has 0 aliphatic heterocycles. The van der Waals surface area contributed by atoms with Crippen molar-refractivity contribution in [3.8, 4) is 11.5 Å². The Morgan fingerprint density at radius 2 is 1.50 bits per heavy atom. The SMILES string of the molecule is CCCOc1ccc(Nc2nc(Nc3ccc(OC)cc3)ncc2C(F)(F)F)cc1. The molecule has 9 heteroatoms. The van der Waals surface area contributed by atoms with Crippen molar-refractivity contribution in [3.63, 3.8) is 0 Å². The molecule has 2 N–H and O–H groups in total. The summed E-state index contributed by atoms with van der Waals surface area (Å²) in [5, 5.41) is 5.61. The van der Waals surface area contributed by atoms with Crippen LogP contribution in [-0.4, -0.2) is 23.7 Å². The number of aromatic nitrogens is 2. The molecule has 30 heavy (non-hydrogen) atoms. The Morgan fingerprint density at radius 3 is 2.07 bits per heavy atom. The minimum Gasteiger partial charge on any atom is -0.497 e. The second-order valence-corrected chi connectivity index (χ2v) is 6.30. The van der Waals surface area contributed by atoms with Gasteiger partial charge in [-0.05, 0) is 55.0 Å². The summed E-state index contributed by atoms with van der Waals surface area (Å²) in [6, 6.07) is 13.5. The van der Waals surface area contributed by atoms with E-state index in [1.54, 1.807) is 55.6 Å². The van der Waals surface area contributed by atoms with Gasteiger partial charge in [0.15, 0.2) is 0 Å². The fourth-order valence-electron chi connectivity index (χ4n) is 2.54. The van der Waals surface area contributed by atoms with Crippen molar-refractivity contribution < 1.29 is 22.6 Å². The second-order valence-electron chi connectivity index (χ2n) is 6.30. The molecule has 6 nitrogen and oxygen atoms in total. The average molecular weight is 418 g/mol. The predicted octanol–water partition coefficient (Wildman–Crippen LogP) is 5.78. The van der Waals surface area contributed by atoms with Crippen molar-refractivity contribution in [2.75, 3.05) is 24.4 Å². The zero-order chi connectivity index (χ0) is 21.6. The van der Waals surface area contributed by atoms with Crippen LogP contribution in [0, 0.1) is 0 Å². The number of nitrogens with one attached hydrogen (secondary N) is 2. The molecular formula is C21H21F3N4O2. The zero-order valence-corrected chi connectivity index (χ0v) is 16.5. The first kappa shape index (κ1) is 21.2. The maximum atomic E-state index is 13.4. The second kappa shape index (κ2) is 9.34. The van der Waals surface area contributed by atoms with Crippen LogP contribution < -0.4 is 20.1 Å². The first-order valence-electron chi connectivity index (χ1n) is 9.24. The Kier molecular flexibility index (Phi) is 6.61. The maximum absolute atomic E-state index is 13.4. The van der Waals surface area contributed by atoms with Crippen molar-refractivity contribution in [1.82, 2.24) is 9.97 Å². The van der Waals surface area contributed by atoms with Crippen LogP contribution in [0.2, 0.25) is 0 Å². The fourth-order valence-corrected chi connectivity index (χ4v) is 2.54. The molecule has 0 unspecified atom stereocenters. The monoisotopic (exact) mass is 418 g/mol. The van der Waals surface area contributed by atoms with E-state index in [0.29, 0.717) is 29.5 Å². The maximum Gasteiger partial charge on any atom is 0.421 e. The van der Waals surface area contributed by atoms with E-state index < -0.39 is 11.7 Å². The third-order valence-electron chi connectivity index (χ3n) is 4.03. The lowest BCUT2D eigenvalue weighted by Crippen LogP contribution is -2.12. The highest BCUT2D eigenvalue weighted by atomic mass is 19.4. The van der Waals surface area contributed by atoms with Gasteiger partial charge >= 0.3 is 6.18 Å². The zero-order valence-electron chi connectivity index (χ0n) is 16.5. The summed E-state index contributed by atoms with van der Waals surface area (Å²) >= 11 is 0. The minimum atomic E-state index is -4.61. The molecule has 3 rings (SSSR count). The van der Waals surface area contributed by atoms with Gasteiger partial charge in [0.05, 0.1) is 13.7 Å². The topological polar surface area (TPSA) is 68.3 Å². The Morgan fingerprint density at radius 1 is 0.900 bits per heavy atom. The number of halogens is 3. The first-order valence-corrected chi connectivity index (χ1v) is 9.24. The molecular weight excluding hydrogens is 397 g/mol. The van der Waals surface area contributed by atoms with E-state index in [4.69, 9.17) is 9.47 Å². The Labute approximate surface area is 172 Å². The van der Waals surface area contributed by atoms with Crippen LogP contribution in [0.5, 0.6) is 11.5 Å². The highest BCUT2D eigenvalue weighted by Crippen LogP contribution is 2.35. The van der Waals surface area contributed by atoms with Crippen LogP contribution >= 0.6 is 0 Å². The van der Waals surface area contributed by atoms with Gasteiger partial charge in [-0.2, -0.15) is 18.2 Å². The highest BCUT2D eigenvalue weighted by molar-refractivity contribution is 5.63. The van der Waals surface area contributed by atoms with E-state index in [1.807, 2.05) is 6.92 Å². The smallest absolute Gasteiger partial charge is 0.421 e. The van der Waals surface area contributed by atoms with E-state index in [-0.39, 0.29) is 11.8 Å². The van der Waals surface area contributed by atoms with Gasteiger partial charge in [0.25, 0.3) is 0 Å². The van der Waals surface area contributed by atoms with Gasteiger partial charge in [0, 0.05) is 17.6 Å². The average Bonchev–Trinajstić information content (AvgIpc) is 2.73. The van der Waals surface area contributed by atoms with E-state index in [0.717, 1.165) is 12.6 Å². The molecule has 1 heterocycles. The summed E-state index contributed by atoms with van der Waals surface area (Å²) in [5.41, 5.74) is 0.0893. The number of alkyl halides is 3. The molecule has 3 aromatic rings. The molecule has 0 spiro atoms. The number of rotatable bonds is 8. The standard InChI is InChI=1S/C21H21F3N4O2/c1-3-12-30-17-10-6-14(7-11-17)26-19-18(21(22,23)24)13-25-20(28-19)27-15-4-8-16(29-2)9-5-15/h4-11,13H,3,12H2,1-2H3,(H2,25,26,27,28).